The van der Waals surface area contributed by atoms with Crippen LogP contribution in [-0.4, -0.2) is 52.1 Å². The van der Waals surface area contributed by atoms with Gasteiger partial charge in [0.15, 0.2) is 0 Å². The SMILES string of the molecule is CC(C)NC(=O)[C@H](C)N(Cc1ccccc1)C(=O)CCN1C(=O)[C@H]2CC=CC[C@H]2C1=O. The lowest BCUT2D eigenvalue weighted by Gasteiger charge is -2.30. The molecule has 0 radical (unpaired) electrons. The number of allylic oxidation sites excluding steroid dienone is 2. The van der Waals surface area contributed by atoms with E-state index in [9.17, 15) is 19.2 Å². The summed E-state index contributed by atoms with van der Waals surface area (Å²) < 4.78 is 0. The molecule has 1 fully saturated rings. The first-order valence-electron chi connectivity index (χ1n) is 10.9. The van der Waals surface area contributed by atoms with Crippen LogP contribution < -0.4 is 5.32 Å². The Bertz CT molecular complexity index is 839. The molecule has 0 spiro atoms. The van der Waals surface area contributed by atoms with Crippen molar-refractivity contribution >= 4 is 23.6 Å². The van der Waals surface area contributed by atoms with Gasteiger partial charge in [-0.3, -0.25) is 24.1 Å². The molecule has 1 aromatic carbocycles. The van der Waals surface area contributed by atoms with E-state index >= 15 is 0 Å². The molecular weight excluding hydrogens is 394 g/mol. The van der Waals surface area contributed by atoms with E-state index in [0.29, 0.717) is 12.8 Å². The van der Waals surface area contributed by atoms with Crippen LogP contribution in [0.1, 0.15) is 45.6 Å². The van der Waals surface area contributed by atoms with Crippen LogP contribution in [0.15, 0.2) is 42.5 Å². The summed E-state index contributed by atoms with van der Waals surface area (Å²) in [7, 11) is 0. The summed E-state index contributed by atoms with van der Waals surface area (Å²) in [5.74, 6) is -1.47. The zero-order valence-corrected chi connectivity index (χ0v) is 18.4. The Morgan fingerprint density at radius 1 is 1.03 bits per heavy atom. The zero-order valence-electron chi connectivity index (χ0n) is 18.4. The smallest absolute Gasteiger partial charge is 0.242 e. The van der Waals surface area contributed by atoms with Crippen LogP contribution in [0.2, 0.25) is 0 Å². The van der Waals surface area contributed by atoms with Crippen LogP contribution in [0, 0.1) is 11.8 Å². The van der Waals surface area contributed by atoms with Gasteiger partial charge in [0.2, 0.25) is 23.6 Å². The summed E-state index contributed by atoms with van der Waals surface area (Å²) in [4.78, 5) is 53.8. The molecule has 166 valence electrons. The predicted octanol–water partition coefficient (Wildman–Crippen LogP) is 2.27. The van der Waals surface area contributed by atoms with Gasteiger partial charge in [0.25, 0.3) is 0 Å². The summed E-state index contributed by atoms with van der Waals surface area (Å²) >= 11 is 0. The fourth-order valence-corrected chi connectivity index (χ4v) is 4.21. The first-order valence-corrected chi connectivity index (χ1v) is 10.9. The van der Waals surface area contributed by atoms with Gasteiger partial charge in [-0.15, -0.1) is 0 Å². The molecular formula is C24H31N3O4. The molecule has 0 unspecified atom stereocenters. The highest BCUT2D eigenvalue weighted by atomic mass is 16.2. The summed E-state index contributed by atoms with van der Waals surface area (Å²) in [6.07, 6.45) is 5.03. The maximum absolute atomic E-state index is 13.1. The van der Waals surface area contributed by atoms with Crippen LogP contribution >= 0.6 is 0 Å². The fourth-order valence-electron chi connectivity index (χ4n) is 4.21. The fraction of sp³-hybridized carbons (Fsp3) is 0.500. The van der Waals surface area contributed by atoms with Crippen molar-refractivity contribution < 1.29 is 19.2 Å². The maximum atomic E-state index is 13.1. The Kier molecular flexibility index (Phi) is 7.25. The molecule has 0 aromatic heterocycles. The first-order chi connectivity index (χ1) is 14.8. The molecule has 7 nitrogen and oxygen atoms in total. The number of benzene rings is 1. The highest BCUT2D eigenvalue weighted by molar-refractivity contribution is 6.05. The Morgan fingerprint density at radius 3 is 2.16 bits per heavy atom. The van der Waals surface area contributed by atoms with Gasteiger partial charge in [0.1, 0.15) is 6.04 Å². The standard InChI is InChI=1S/C24H31N3O4/c1-16(2)25-22(29)17(3)27(15-18-9-5-4-6-10-18)21(28)13-14-26-23(30)19-11-7-8-12-20(19)24(26)31/h4-10,16-17,19-20H,11-15H2,1-3H3,(H,25,29)/t17-,19-,20+/m0/s1. The number of carbonyl (C=O) groups excluding carboxylic acids is 4. The lowest BCUT2D eigenvalue weighted by Crippen LogP contribution is -2.49. The van der Waals surface area contributed by atoms with Crippen molar-refractivity contribution in [3.63, 3.8) is 0 Å². The third kappa shape index (κ3) is 5.21. The van der Waals surface area contributed by atoms with Crippen molar-refractivity contribution in [3.8, 4) is 0 Å². The number of likely N-dealkylation sites (tertiary alicyclic amines) is 1. The van der Waals surface area contributed by atoms with Crippen LogP contribution in [0.4, 0.5) is 0 Å². The number of imide groups is 1. The third-order valence-corrected chi connectivity index (χ3v) is 5.94. The van der Waals surface area contributed by atoms with Crippen LogP contribution in [0.5, 0.6) is 0 Å². The first kappa shape index (κ1) is 22.7. The number of nitrogens with one attached hydrogen (secondary N) is 1. The lowest BCUT2D eigenvalue weighted by atomic mass is 9.85. The van der Waals surface area contributed by atoms with Crippen LogP contribution in [-0.2, 0) is 25.7 Å². The van der Waals surface area contributed by atoms with Crippen LogP contribution in [0.25, 0.3) is 0 Å². The molecule has 1 aromatic rings. The predicted molar refractivity (Wildman–Crippen MR) is 116 cm³/mol. The summed E-state index contributed by atoms with van der Waals surface area (Å²) in [5.41, 5.74) is 0.908. The number of fused-ring (bicyclic) bond motifs is 1. The Morgan fingerprint density at radius 2 is 1.61 bits per heavy atom. The van der Waals surface area contributed by atoms with E-state index in [-0.39, 0.29) is 61.0 Å². The second-order valence-corrected chi connectivity index (χ2v) is 8.58. The molecule has 0 bridgehead atoms. The second-order valence-electron chi connectivity index (χ2n) is 8.58. The number of carbonyl (C=O) groups is 4. The van der Waals surface area contributed by atoms with Crippen molar-refractivity contribution in [1.82, 2.24) is 15.1 Å². The van der Waals surface area contributed by atoms with Crippen molar-refractivity contribution in [2.45, 2.75) is 58.7 Å². The monoisotopic (exact) mass is 425 g/mol. The Labute approximate surface area is 183 Å². The van der Waals surface area contributed by atoms with E-state index in [1.165, 1.54) is 9.80 Å². The van der Waals surface area contributed by atoms with Crippen molar-refractivity contribution in [3.05, 3.63) is 48.0 Å². The molecule has 7 heteroatoms. The number of amides is 4. The summed E-state index contributed by atoms with van der Waals surface area (Å²) in [5, 5.41) is 2.85. The largest absolute Gasteiger partial charge is 0.352 e. The molecule has 1 N–H and O–H groups in total. The molecule has 4 amide bonds. The molecule has 3 rings (SSSR count). The number of rotatable bonds is 8. The molecule has 2 aliphatic rings. The quantitative estimate of drug-likeness (QED) is 0.511. The van der Waals surface area contributed by atoms with Crippen molar-refractivity contribution in [2.75, 3.05) is 6.54 Å². The minimum Gasteiger partial charge on any atom is -0.352 e. The minimum absolute atomic E-state index is 0.00349. The van der Waals surface area contributed by atoms with Crippen molar-refractivity contribution in [1.29, 1.82) is 0 Å². The molecule has 31 heavy (non-hydrogen) atoms. The van der Waals surface area contributed by atoms with Crippen LogP contribution in [0.3, 0.4) is 0 Å². The topological polar surface area (TPSA) is 86.8 Å². The average molecular weight is 426 g/mol. The van der Waals surface area contributed by atoms with Crippen molar-refractivity contribution in [2.24, 2.45) is 11.8 Å². The van der Waals surface area contributed by atoms with E-state index in [1.54, 1.807) is 6.92 Å². The van der Waals surface area contributed by atoms with Gasteiger partial charge < -0.3 is 10.2 Å². The molecule has 3 atom stereocenters. The number of hydrogen-bond acceptors (Lipinski definition) is 4. The Hall–Kier alpha value is -2.96. The highest BCUT2D eigenvalue weighted by Gasteiger charge is 2.47. The van der Waals surface area contributed by atoms with Gasteiger partial charge in [-0.25, -0.2) is 0 Å². The van der Waals surface area contributed by atoms with E-state index in [2.05, 4.69) is 5.32 Å². The highest BCUT2D eigenvalue weighted by Crippen LogP contribution is 2.35. The van der Waals surface area contributed by atoms with Gasteiger partial charge in [-0.1, -0.05) is 42.5 Å². The normalized spacial score (nSPS) is 21.2. The van der Waals surface area contributed by atoms with Gasteiger partial charge in [0, 0.05) is 25.6 Å². The second kappa shape index (κ2) is 9.90. The molecule has 1 saturated heterocycles. The number of nitrogens with zero attached hydrogens (tertiary/aromatic N) is 2. The van der Waals surface area contributed by atoms with E-state index in [1.807, 2.05) is 56.3 Å². The molecule has 1 aliphatic heterocycles. The minimum atomic E-state index is -0.674. The number of hydrogen-bond donors (Lipinski definition) is 1. The van der Waals surface area contributed by atoms with E-state index in [0.717, 1.165) is 5.56 Å². The average Bonchev–Trinajstić information content (AvgIpc) is 3.00. The van der Waals surface area contributed by atoms with Gasteiger partial charge in [-0.2, -0.15) is 0 Å². The lowest BCUT2D eigenvalue weighted by molar-refractivity contribution is -0.143. The Balaban J connectivity index is 1.70. The van der Waals surface area contributed by atoms with Gasteiger partial charge >= 0.3 is 0 Å². The molecule has 0 saturated carbocycles. The van der Waals surface area contributed by atoms with Gasteiger partial charge in [0.05, 0.1) is 11.8 Å². The summed E-state index contributed by atoms with van der Waals surface area (Å²) in [6, 6.07) is 8.75. The summed E-state index contributed by atoms with van der Waals surface area (Å²) in [6.45, 7) is 5.77. The maximum Gasteiger partial charge on any atom is 0.242 e. The molecule has 1 aliphatic carbocycles. The zero-order chi connectivity index (χ0) is 22.5. The third-order valence-electron chi connectivity index (χ3n) is 5.94. The van der Waals surface area contributed by atoms with E-state index in [4.69, 9.17) is 0 Å². The van der Waals surface area contributed by atoms with E-state index < -0.39 is 6.04 Å². The van der Waals surface area contributed by atoms with Gasteiger partial charge in [-0.05, 0) is 39.2 Å². The molecule has 1 heterocycles.